The number of aliphatic hydroxyl groups excluding tert-OH is 1. The zero-order valence-corrected chi connectivity index (χ0v) is 20.9. The van der Waals surface area contributed by atoms with E-state index in [0.717, 1.165) is 35.8 Å². The van der Waals surface area contributed by atoms with Crippen molar-refractivity contribution in [2.75, 3.05) is 22.9 Å². The van der Waals surface area contributed by atoms with Gasteiger partial charge in [0.2, 0.25) is 0 Å². The quantitative estimate of drug-likeness (QED) is 0.217. The first kappa shape index (κ1) is 25.7. The number of Topliss-reactive ketones (excluding diaryl/α,β-unsaturated/α-hetero) is 1. The van der Waals surface area contributed by atoms with Crippen LogP contribution >= 0.6 is 23.2 Å². The Bertz CT molecular complexity index is 1370. The second kappa shape index (κ2) is 10.3. The standard InChI is InChI=1S/C27H22Cl2F2N2O3/c1-3-32(4-2)18-9-5-15(6-10-18)24-23(25(34)16-7-11-19(28)20(29)13-16)26(35)27(36)33(24)22-12-8-17(30)14-21(22)31/h5-14,24,34H,3-4H2,1-2H3/b25-23+. The van der Waals surface area contributed by atoms with Gasteiger partial charge in [0.05, 0.1) is 27.3 Å². The number of nitrogens with zero attached hydrogens (tertiary/aromatic N) is 2. The zero-order valence-electron chi connectivity index (χ0n) is 19.4. The van der Waals surface area contributed by atoms with E-state index in [9.17, 15) is 23.5 Å². The molecule has 5 nitrogen and oxygen atoms in total. The van der Waals surface area contributed by atoms with Crippen molar-refractivity contribution in [1.82, 2.24) is 0 Å². The van der Waals surface area contributed by atoms with Crippen LogP contribution in [-0.2, 0) is 9.59 Å². The van der Waals surface area contributed by atoms with Crippen molar-refractivity contribution in [3.8, 4) is 0 Å². The molecule has 0 aromatic heterocycles. The number of hydrogen-bond donors (Lipinski definition) is 1. The van der Waals surface area contributed by atoms with Crippen LogP contribution in [0.5, 0.6) is 0 Å². The van der Waals surface area contributed by atoms with E-state index in [1.165, 1.54) is 18.2 Å². The first-order valence-electron chi connectivity index (χ1n) is 11.2. The maximum Gasteiger partial charge on any atom is 0.300 e. The molecule has 1 N–H and O–H groups in total. The highest BCUT2D eigenvalue weighted by atomic mass is 35.5. The highest BCUT2D eigenvalue weighted by Crippen LogP contribution is 2.43. The third-order valence-corrected chi connectivity index (χ3v) is 6.88. The number of carbonyl (C=O) groups excluding carboxylic acids is 2. The number of hydrogen-bond acceptors (Lipinski definition) is 4. The van der Waals surface area contributed by atoms with Crippen LogP contribution in [0.15, 0.2) is 66.2 Å². The molecule has 3 aromatic carbocycles. The molecular formula is C27H22Cl2F2N2O3. The molecule has 4 rings (SSSR count). The van der Waals surface area contributed by atoms with Crippen molar-refractivity contribution in [1.29, 1.82) is 0 Å². The Morgan fingerprint density at radius 2 is 1.61 bits per heavy atom. The minimum Gasteiger partial charge on any atom is -0.507 e. The van der Waals surface area contributed by atoms with E-state index in [0.29, 0.717) is 11.6 Å². The first-order valence-corrected chi connectivity index (χ1v) is 12.0. The lowest BCUT2D eigenvalue weighted by atomic mass is 9.95. The maximum atomic E-state index is 14.8. The van der Waals surface area contributed by atoms with Crippen LogP contribution in [0.3, 0.4) is 0 Å². The van der Waals surface area contributed by atoms with Gasteiger partial charge in [0.25, 0.3) is 11.7 Å². The molecule has 0 bridgehead atoms. The third-order valence-electron chi connectivity index (χ3n) is 6.14. The van der Waals surface area contributed by atoms with E-state index in [4.69, 9.17) is 23.2 Å². The van der Waals surface area contributed by atoms with Crippen LogP contribution < -0.4 is 9.80 Å². The lowest BCUT2D eigenvalue weighted by Gasteiger charge is -2.27. The predicted octanol–water partition coefficient (Wildman–Crippen LogP) is 6.74. The Labute approximate surface area is 217 Å². The number of rotatable bonds is 6. The van der Waals surface area contributed by atoms with Gasteiger partial charge in [-0.05, 0) is 61.9 Å². The van der Waals surface area contributed by atoms with Gasteiger partial charge in [-0.3, -0.25) is 14.5 Å². The fraction of sp³-hybridized carbons (Fsp3) is 0.185. The largest absolute Gasteiger partial charge is 0.507 e. The molecule has 1 atom stereocenters. The highest BCUT2D eigenvalue weighted by Gasteiger charge is 2.47. The van der Waals surface area contributed by atoms with E-state index in [-0.39, 0.29) is 26.9 Å². The van der Waals surface area contributed by atoms with Gasteiger partial charge in [-0.15, -0.1) is 0 Å². The van der Waals surface area contributed by atoms with Crippen LogP contribution in [0.1, 0.15) is 31.0 Å². The van der Waals surface area contributed by atoms with E-state index < -0.39 is 35.1 Å². The summed E-state index contributed by atoms with van der Waals surface area (Å²) in [7, 11) is 0. The average Bonchev–Trinajstić information content (AvgIpc) is 3.12. The van der Waals surface area contributed by atoms with Crippen LogP contribution in [0.4, 0.5) is 20.2 Å². The number of benzene rings is 3. The third kappa shape index (κ3) is 4.56. The second-order valence-electron chi connectivity index (χ2n) is 8.16. The molecule has 0 radical (unpaired) electrons. The second-order valence-corrected chi connectivity index (χ2v) is 8.97. The van der Waals surface area contributed by atoms with Crippen molar-refractivity contribution in [3.05, 3.63) is 99.0 Å². The molecule has 1 fully saturated rings. The molecule has 0 spiro atoms. The molecule has 1 heterocycles. The van der Waals surface area contributed by atoms with Gasteiger partial charge in [0, 0.05) is 30.4 Å². The summed E-state index contributed by atoms with van der Waals surface area (Å²) in [5.74, 6) is -4.41. The summed E-state index contributed by atoms with van der Waals surface area (Å²) in [5.41, 5.74) is 0.988. The molecule has 3 aromatic rings. The smallest absolute Gasteiger partial charge is 0.300 e. The van der Waals surface area contributed by atoms with Gasteiger partial charge >= 0.3 is 0 Å². The SMILES string of the molecule is CCN(CC)c1ccc(C2/C(=C(\O)c3ccc(Cl)c(Cl)c3)C(=O)C(=O)N2c2ccc(F)cc2F)cc1. The molecule has 1 unspecified atom stereocenters. The van der Waals surface area contributed by atoms with Gasteiger partial charge in [-0.2, -0.15) is 0 Å². The summed E-state index contributed by atoms with van der Waals surface area (Å²) in [6.45, 7) is 5.57. The number of ketones is 1. The number of carbonyl (C=O) groups is 2. The van der Waals surface area contributed by atoms with Crippen molar-refractivity contribution in [3.63, 3.8) is 0 Å². The summed E-state index contributed by atoms with van der Waals surface area (Å²) < 4.78 is 28.5. The molecule has 9 heteroatoms. The fourth-order valence-corrected chi connectivity index (χ4v) is 4.63. The number of halogens is 4. The Balaban J connectivity index is 1.93. The van der Waals surface area contributed by atoms with E-state index in [1.807, 2.05) is 26.0 Å². The van der Waals surface area contributed by atoms with Crippen LogP contribution in [0, 0.1) is 11.6 Å². The zero-order chi connectivity index (χ0) is 26.1. The first-order chi connectivity index (χ1) is 17.2. The molecule has 1 amide bonds. The molecular weight excluding hydrogens is 509 g/mol. The van der Waals surface area contributed by atoms with Gasteiger partial charge in [-0.1, -0.05) is 35.3 Å². The van der Waals surface area contributed by atoms with Crippen molar-refractivity contribution < 1.29 is 23.5 Å². The van der Waals surface area contributed by atoms with Crippen LogP contribution in [0.25, 0.3) is 5.76 Å². The Morgan fingerprint density at radius 1 is 0.944 bits per heavy atom. The summed E-state index contributed by atoms with van der Waals surface area (Å²) in [5, 5.41) is 11.5. The molecule has 1 aliphatic heterocycles. The molecule has 0 saturated carbocycles. The highest BCUT2D eigenvalue weighted by molar-refractivity contribution is 6.51. The van der Waals surface area contributed by atoms with E-state index in [2.05, 4.69) is 4.90 Å². The Morgan fingerprint density at radius 3 is 2.19 bits per heavy atom. The molecule has 36 heavy (non-hydrogen) atoms. The van der Waals surface area contributed by atoms with Crippen LogP contribution in [-0.4, -0.2) is 29.9 Å². The van der Waals surface area contributed by atoms with Gasteiger partial charge in [-0.25, -0.2) is 8.78 Å². The number of anilines is 2. The Hall–Kier alpha value is -3.42. The van der Waals surface area contributed by atoms with Gasteiger partial charge in [0.1, 0.15) is 17.4 Å². The van der Waals surface area contributed by atoms with Crippen molar-refractivity contribution in [2.45, 2.75) is 19.9 Å². The number of amides is 1. The monoisotopic (exact) mass is 530 g/mol. The summed E-state index contributed by atoms with van der Waals surface area (Å²) >= 11 is 12.1. The van der Waals surface area contributed by atoms with Crippen molar-refractivity contribution in [2.24, 2.45) is 0 Å². The van der Waals surface area contributed by atoms with E-state index >= 15 is 0 Å². The topological polar surface area (TPSA) is 60.9 Å². The Kier molecular flexibility index (Phi) is 7.33. The average molecular weight is 531 g/mol. The minimum atomic E-state index is -1.18. The lowest BCUT2D eigenvalue weighted by Crippen LogP contribution is -2.30. The van der Waals surface area contributed by atoms with Crippen molar-refractivity contribution >= 4 is 52.0 Å². The van der Waals surface area contributed by atoms with Gasteiger partial charge < -0.3 is 10.0 Å². The summed E-state index contributed by atoms with van der Waals surface area (Å²) in [6.07, 6.45) is 0. The predicted molar refractivity (Wildman–Crippen MR) is 138 cm³/mol. The summed E-state index contributed by atoms with van der Waals surface area (Å²) in [4.78, 5) is 29.4. The molecule has 1 saturated heterocycles. The van der Waals surface area contributed by atoms with E-state index in [1.54, 1.807) is 12.1 Å². The normalized spacial score (nSPS) is 17.1. The van der Waals surface area contributed by atoms with Gasteiger partial charge in [0.15, 0.2) is 0 Å². The molecule has 0 aliphatic carbocycles. The molecule has 186 valence electrons. The maximum absolute atomic E-state index is 14.8. The fourth-order valence-electron chi connectivity index (χ4n) is 4.33. The lowest BCUT2D eigenvalue weighted by molar-refractivity contribution is -0.132. The summed E-state index contributed by atoms with van der Waals surface area (Å²) in [6, 6.07) is 12.9. The minimum absolute atomic E-state index is 0.139. The van der Waals surface area contributed by atoms with Crippen LogP contribution in [0.2, 0.25) is 10.0 Å². The number of aliphatic hydroxyl groups is 1. The molecule has 1 aliphatic rings.